The zero-order chi connectivity index (χ0) is 12.5. The van der Waals surface area contributed by atoms with Gasteiger partial charge in [-0.2, -0.15) is 0 Å². The molecule has 0 spiro atoms. The Morgan fingerprint density at radius 2 is 2.28 bits per heavy atom. The van der Waals surface area contributed by atoms with E-state index in [4.69, 9.17) is 0 Å². The first-order valence-electron chi connectivity index (χ1n) is 6.29. The van der Waals surface area contributed by atoms with Crippen molar-refractivity contribution >= 4 is 21.9 Å². The lowest BCUT2D eigenvalue weighted by molar-refractivity contribution is 0.642. The second kappa shape index (κ2) is 4.76. The van der Waals surface area contributed by atoms with Gasteiger partial charge >= 0.3 is 0 Å². The molecule has 94 valence electrons. The molecule has 18 heavy (non-hydrogen) atoms. The van der Waals surface area contributed by atoms with Gasteiger partial charge in [0.05, 0.1) is 6.04 Å². The van der Waals surface area contributed by atoms with Gasteiger partial charge in [0.2, 0.25) is 5.95 Å². The molecular formula is C14H16BrN3. The minimum Gasteiger partial charge on any atom is -0.353 e. The predicted molar refractivity (Wildman–Crippen MR) is 76.8 cm³/mol. The highest BCUT2D eigenvalue weighted by molar-refractivity contribution is 9.10. The SMILES string of the molecule is CC(c1cccc(Br)c1)n1ccnc1NC1CC1. The first-order valence-corrected chi connectivity index (χ1v) is 7.08. The van der Waals surface area contributed by atoms with Gasteiger partial charge < -0.3 is 9.88 Å². The molecule has 4 heteroatoms. The Kier molecular flexibility index (Phi) is 3.12. The highest BCUT2D eigenvalue weighted by Gasteiger charge is 2.23. The molecule has 1 heterocycles. The first kappa shape index (κ1) is 11.8. The Labute approximate surface area is 115 Å². The second-order valence-corrected chi connectivity index (χ2v) is 5.72. The van der Waals surface area contributed by atoms with E-state index in [1.54, 1.807) is 0 Å². The minimum absolute atomic E-state index is 0.284. The number of aromatic nitrogens is 2. The number of anilines is 1. The summed E-state index contributed by atoms with van der Waals surface area (Å²) >= 11 is 3.52. The first-order chi connectivity index (χ1) is 8.74. The fourth-order valence-corrected chi connectivity index (χ4v) is 2.49. The number of rotatable bonds is 4. The molecule has 1 fully saturated rings. The number of nitrogens with one attached hydrogen (secondary N) is 1. The summed E-state index contributed by atoms with van der Waals surface area (Å²) in [6.07, 6.45) is 6.42. The number of halogens is 1. The van der Waals surface area contributed by atoms with E-state index in [-0.39, 0.29) is 6.04 Å². The quantitative estimate of drug-likeness (QED) is 0.930. The van der Waals surface area contributed by atoms with Crippen molar-refractivity contribution in [1.82, 2.24) is 9.55 Å². The Morgan fingerprint density at radius 3 is 3.00 bits per heavy atom. The van der Waals surface area contributed by atoms with Crippen molar-refractivity contribution in [2.45, 2.75) is 31.8 Å². The van der Waals surface area contributed by atoms with Crippen molar-refractivity contribution in [3.8, 4) is 0 Å². The van der Waals surface area contributed by atoms with Crippen LogP contribution in [0.1, 0.15) is 31.4 Å². The molecule has 0 saturated heterocycles. The summed E-state index contributed by atoms with van der Waals surface area (Å²) in [6, 6.07) is 9.34. The van der Waals surface area contributed by atoms with E-state index in [9.17, 15) is 0 Å². The maximum absolute atomic E-state index is 4.41. The van der Waals surface area contributed by atoms with Gasteiger partial charge in [-0.3, -0.25) is 0 Å². The third-order valence-electron chi connectivity index (χ3n) is 3.33. The Balaban J connectivity index is 1.86. The van der Waals surface area contributed by atoms with Gasteiger partial charge in [0, 0.05) is 22.9 Å². The van der Waals surface area contributed by atoms with Crippen LogP contribution in [-0.2, 0) is 0 Å². The molecule has 1 aliphatic carbocycles. The normalized spacial score (nSPS) is 16.6. The predicted octanol–water partition coefficient (Wildman–Crippen LogP) is 3.83. The van der Waals surface area contributed by atoms with E-state index >= 15 is 0 Å². The van der Waals surface area contributed by atoms with Crippen molar-refractivity contribution in [2.75, 3.05) is 5.32 Å². The molecule has 1 atom stereocenters. The number of benzene rings is 1. The van der Waals surface area contributed by atoms with Crippen LogP contribution in [0.2, 0.25) is 0 Å². The van der Waals surface area contributed by atoms with Crippen LogP contribution in [0.25, 0.3) is 0 Å². The van der Waals surface area contributed by atoms with Crippen LogP contribution in [0, 0.1) is 0 Å². The summed E-state index contributed by atoms with van der Waals surface area (Å²) in [5.41, 5.74) is 1.28. The van der Waals surface area contributed by atoms with Gasteiger partial charge in [0.1, 0.15) is 0 Å². The number of hydrogen-bond acceptors (Lipinski definition) is 2. The van der Waals surface area contributed by atoms with Gasteiger partial charge in [-0.15, -0.1) is 0 Å². The summed E-state index contributed by atoms with van der Waals surface area (Å²) < 4.78 is 3.31. The van der Waals surface area contributed by atoms with Crippen LogP contribution in [0.3, 0.4) is 0 Å². The van der Waals surface area contributed by atoms with E-state index < -0.39 is 0 Å². The van der Waals surface area contributed by atoms with Gasteiger partial charge in [0.25, 0.3) is 0 Å². The third-order valence-corrected chi connectivity index (χ3v) is 3.82. The summed E-state index contributed by atoms with van der Waals surface area (Å²) in [5, 5.41) is 3.47. The molecular weight excluding hydrogens is 290 g/mol. The van der Waals surface area contributed by atoms with Gasteiger partial charge in [-0.05, 0) is 37.5 Å². The zero-order valence-corrected chi connectivity index (χ0v) is 11.9. The zero-order valence-electron chi connectivity index (χ0n) is 10.3. The van der Waals surface area contributed by atoms with Crippen LogP contribution >= 0.6 is 15.9 Å². The van der Waals surface area contributed by atoms with E-state index in [0.29, 0.717) is 6.04 Å². The van der Waals surface area contributed by atoms with E-state index in [0.717, 1.165) is 10.4 Å². The standard InChI is InChI=1S/C14H16BrN3/c1-10(11-3-2-4-12(15)9-11)18-8-7-16-14(18)17-13-5-6-13/h2-4,7-10,13H,5-6H2,1H3,(H,16,17). The maximum Gasteiger partial charge on any atom is 0.203 e. The summed E-state index contributed by atoms with van der Waals surface area (Å²) in [7, 11) is 0. The summed E-state index contributed by atoms with van der Waals surface area (Å²) in [6.45, 7) is 2.20. The van der Waals surface area contributed by atoms with Crippen LogP contribution in [0.4, 0.5) is 5.95 Å². The second-order valence-electron chi connectivity index (χ2n) is 4.81. The minimum atomic E-state index is 0.284. The molecule has 3 rings (SSSR count). The molecule has 0 bridgehead atoms. The Bertz CT molecular complexity index is 545. The molecule has 3 nitrogen and oxygen atoms in total. The van der Waals surface area contributed by atoms with Crippen LogP contribution in [-0.4, -0.2) is 15.6 Å². The van der Waals surface area contributed by atoms with Crippen molar-refractivity contribution in [1.29, 1.82) is 0 Å². The molecule has 1 N–H and O–H groups in total. The molecule has 1 aromatic carbocycles. The topological polar surface area (TPSA) is 29.9 Å². The maximum atomic E-state index is 4.41. The van der Waals surface area contributed by atoms with Crippen molar-refractivity contribution < 1.29 is 0 Å². The van der Waals surface area contributed by atoms with Crippen molar-refractivity contribution in [2.24, 2.45) is 0 Å². The van der Waals surface area contributed by atoms with Gasteiger partial charge in [-0.25, -0.2) is 4.98 Å². The number of imidazole rings is 1. The fraction of sp³-hybridized carbons (Fsp3) is 0.357. The smallest absolute Gasteiger partial charge is 0.203 e. The molecule has 0 radical (unpaired) electrons. The average Bonchev–Trinajstić information content (AvgIpc) is 3.05. The largest absolute Gasteiger partial charge is 0.353 e. The Hall–Kier alpha value is -1.29. The highest BCUT2D eigenvalue weighted by atomic mass is 79.9. The average molecular weight is 306 g/mol. The molecule has 1 unspecified atom stereocenters. The van der Waals surface area contributed by atoms with Crippen molar-refractivity contribution in [3.05, 3.63) is 46.7 Å². The third kappa shape index (κ3) is 2.43. The van der Waals surface area contributed by atoms with Crippen molar-refractivity contribution in [3.63, 3.8) is 0 Å². The molecule has 0 aliphatic heterocycles. The summed E-state index contributed by atoms with van der Waals surface area (Å²) in [5.74, 6) is 0.977. The lowest BCUT2D eigenvalue weighted by Gasteiger charge is -2.17. The van der Waals surface area contributed by atoms with E-state index in [2.05, 4.69) is 55.9 Å². The highest BCUT2D eigenvalue weighted by Crippen LogP contribution is 2.28. The molecule has 1 aromatic heterocycles. The van der Waals surface area contributed by atoms with E-state index in [1.165, 1.54) is 18.4 Å². The fourth-order valence-electron chi connectivity index (χ4n) is 2.07. The van der Waals surface area contributed by atoms with Crippen LogP contribution in [0.5, 0.6) is 0 Å². The lowest BCUT2D eigenvalue weighted by Crippen LogP contribution is -2.12. The van der Waals surface area contributed by atoms with Crippen LogP contribution < -0.4 is 5.32 Å². The monoisotopic (exact) mass is 305 g/mol. The molecule has 0 amide bonds. The van der Waals surface area contributed by atoms with Crippen LogP contribution in [0.15, 0.2) is 41.1 Å². The van der Waals surface area contributed by atoms with Gasteiger partial charge in [-0.1, -0.05) is 28.1 Å². The number of hydrogen-bond donors (Lipinski definition) is 1. The molecule has 2 aromatic rings. The summed E-state index contributed by atoms with van der Waals surface area (Å²) in [4.78, 5) is 4.41. The Morgan fingerprint density at radius 1 is 1.44 bits per heavy atom. The molecule has 1 aliphatic rings. The van der Waals surface area contributed by atoms with E-state index in [1.807, 2.05) is 18.5 Å². The van der Waals surface area contributed by atoms with Gasteiger partial charge in [0.15, 0.2) is 0 Å². The number of nitrogens with zero attached hydrogens (tertiary/aromatic N) is 2. The molecule has 1 saturated carbocycles. The lowest BCUT2D eigenvalue weighted by atomic mass is 10.1.